The molecule has 0 saturated heterocycles. The topological polar surface area (TPSA) is 52.9 Å². The number of halogens is 3. The van der Waals surface area contributed by atoms with E-state index in [2.05, 4.69) is 21.2 Å². The van der Waals surface area contributed by atoms with E-state index in [9.17, 15) is 9.18 Å². The van der Waals surface area contributed by atoms with Crippen LogP contribution in [0.2, 0.25) is 5.02 Å². The molecule has 0 spiro atoms. The van der Waals surface area contributed by atoms with Crippen molar-refractivity contribution >= 4 is 39.1 Å². The first-order valence-corrected chi connectivity index (χ1v) is 6.65. The van der Waals surface area contributed by atoms with Crippen molar-refractivity contribution in [2.24, 2.45) is 0 Å². The Labute approximate surface area is 128 Å². The predicted octanol–water partition coefficient (Wildman–Crippen LogP) is 4.37. The van der Waals surface area contributed by atoms with E-state index in [4.69, 9.17) is 16.9 Å². The first-order chi connectivity index (χ1) is 9.52. The molecule has 0 atom stereocenters. The standard InChI is InChI=1S/C14H7BrClFN2O/c15-10-2-1-3-12(17)13(10)14(20)19-9-5-4-8(7-18)11(16)6-9/h1-6H,(H,19,20). The molecule has 0 fully saturated rings. The summed E-state index contributed by atoms with van der Waals surface area (Å²) in [6.07, 6.45) is 0. The lowest BCUT2D eigenvalue weighted by Crippen LogP contribution is -2.14. The van der Waals surface area contributed by atoms with Gasteiger partial charge in [-0.1, -0.05) is 17.7 Å². The van der Waals surface area contributed by atoms with Gasteiger partial charge in [0.25, 0.3) is 5.91 Å². The van der Waals surface area contributed by atoms with Gasteiger partial charge in [-0.05, 0) is 46.3 Å². The molecule has 0 aliphatic carbocycles. The quantitative estimate of drug-likeness (QED) is 0.872. The van der Waals surface area contributed by atoms with Crippen LogP contribution in [0.1, 0.15) is 15.9 Å². The van der Waals surface area contributed by atoms with Crippen LogP contribution in [-0.4, -0.2) is 5.91 Å². The number of nitrogens with one attached hydrogen (secondary N) is 1. The van der Waals surface area contributed by atoms with Gasteiger partial charge in [-0.3, -0.25) is 4.79 Å². The molecule has 0 aliphatic rings. The third-order valence-electron chi connectivity index (χ3n) is 2.54. The Morgan fingerprint density at radius 2 is 2.10 bits per heavy atom. The van der Waals surface area contributed by atoms with Crippen molar-refractivity contribution in [3.8, 4) is 6.07 Å². The van der Waals surface area contributed by atoms with Crippen LogP contribution < -0.4 is 5.32 Å². The molecule has 20 heavy (non-hydrogen) atoms. The maximum Gasteiger partial charge on any atom is 0.259 e. The normalized spacial score (nSPS) is 9.90. The molecular formula is C14H7BrClFN2O. The zero-order valence-corrected chi connectivity index (χ0v) is 12.3. The molecule has 0 aromatic heterocycles. The van der Waals surface area contributed by atoms with Gasteiger partial charge >= 0.3 is 0 Å². The summed E-state index contributed by atoms with van der Waals surface area (Å²) in [7, 11) is 0. The monoisotopic (exact) mass is 352 g/mol. The third kappa shape index (κ3) is 2.98. The highest BCUT2D eigenvalue weighted by atomic mass is 79.9. The number of carbonyl (C=O) groups excluding carboxylic acids is 1. The van der Waals surface area contributed by atoms with Crippen molar-refractivity contribution in [2.75, 3.05) is 5.32 Å². The highest BCUT2D eigenvalue weighted by Crippen LogP contribution is 2.23. The van der Waals surface area contributed by atoms with Crippen LogP contribution in [0.4, 0.5) is 10.1 Å². The average Bonchev–Trinajstić information content (AvgIpc) is 2.38. The molecule has 0 bridgehead atoms. The minimum absolute atomic E-state index is 0.0898. The van der Waals surface area contributed by atoms with Crippen LogP contribution in [0.15, 0.2) is 40.9 Å². The van der Waals surface area contributed by atoms with Crippen LogP contribution in [0.3, 0.4) is 0 Å². The van der Waals surface area contributed by atoms with Gasteiger partial charge in [0.05, 0.1) is 16.1 Å². The lowest BCUT2D eigenvalue weighted by Gasteiger charge is -2.08. The van der Waals surface area contributed by atoms with Crippen molar-refractivity contribution < 1.29 is 9.18 Å². The van der Waals surface area contributed by atoms with Gasteiger partial charge in [0.2, 0.25) is 0 Å². The van der Waals surface area contributed by atoms with Crippen molar-refractivity contribution in [1.29, 1.82) is 5.26 Å². The van der Waals surface area contributed by atoms with Gasteiger partial charge in [0.1, 0.15) is 11.9 Å². The third-order valence-corrected chi connectivity index (χ3v) is 3.51. The predicted molar refractivity (Wildman–Crippen MR) is 78.2 cm³/mol. The summed E-state index contributed by atoms with van der Waals surface area (Å²) in [5.74, 6) is -1.23. The number of hydrogen-bond acceptors (Lipinski definition) is 2. The van der Waals surface area contributed by atoms with Crippen molar-refractivity contribution in [1.82, 2.24) is 0 Å². The van der Waals surface area contributed by atoms with E-state index in [1.807, 2.05) is 6.07 Å². The Morgan fingerprint density at radius 3 is 2.70 bits per heavy atom. The zero-order chi connectivity index (χ0) is 14.7. The molecule has 0 unspecified atom stereocenters. The minimum Gasteiger partial charge on any atom is -0.322 e. The largest absolute Gasteiger partial charge is 0.322 e. The molecular weight excluding hydrogens is 347 g/mol. The Morgan fingerprint density at radius 1 is 1.35 bits per heavy atom. The molecule has 0 aliphatic heterocycles. The summed E-state index contributed by atoms with van der Waals surface area (Å²) in [6, 6.07) is 10.6. The lowest BCUT2D eigenvalue weighted by molar-refractivity contribution is 0.102. The maximum absolute atomic E-state index is 13.6. The highest BCUT2D eigenvalue weighted by molar-refractivity contribution is 9.10. The number of rotatable bonds is 2. The van der Waals surface area contributed by atoms with E-state index in [1.165, 1.54) is 30.3 Å². The number of nitriles is 1. The van der Waals surface area contributed by atoms with E-state index in [-0.39, 0.29) is 10.6 Å². The highest BCUT2D eigenvalue weighted by Gasteiger charge is 2.15. The van der Waals surface area contributed by atoms with Gasteiger partial charge in [-0.2, -0.15) is 5.26 Å². The van der Waals surface area contributed by atoms with Crippen molar-refractivity contribution in [3.63, 3.8) is 0 Å². The molecule has 0 heterocycles. The zero-order valence-electron chi connectivity index (χ0n) is 9.95. The number of anilines is 1. The van der Waals surface area contributed by atoms with E-state index < -0.39 is 11.7 Å². The van der Waals surface area contributed by atoms with Crippen LogP contribution >= 0.6 is 27.5 Å². The number of benzene rings is 2. The van der Waals surface area contributed by atoms with Gasteiger partial charge in [0, 0.05) is 10.2 Å². The number of nitrogens with zero attached hydrogens (tertiary/aromatic N) is 1. The summed E-state index contributed by atoms with van der Waals surface area (Å²) in [5, 5.41) is 11.5. The Hall–Kier alpha value is -1.90. The molecule has 3 nitrogen and oxygen atoms in total. The Kier molecular flexibility index (Phi) is 4.38. The van der Waals surface area contributed by atoms with Gasteiger partial charge in [-0.15, -0.1) is 0 Å². The first-order valence-electron chi connectivity index (χ1n) is 5.48. The molecule has 1 amide bonds. The smallest absolute Gasteiger partial charge is 0.259 e. The molecule has 100 valence electrons. The molecule has 2 aromatic carbocycles. The summed E-state index contributed by atoms with van der Waals surface area (Å²) in [4.78, 5) is 12.0. The minimum atomic E-state index is -0.628. The molecule has 1 N–H and O–H groups in total. The van der Waals surface area contributed by atoms with E-state index in [0.717, 1.165) is 0 Å². The number of carbonyl (C=O) groups is 1. The molecule has 0 radical (unpaired) electrons. The molecule has 0 saturated carbocycles. The van der Waals surface area contributed by atoms with Crippen LogP contribution in [0.25, 0.3) is 0 Å². The van der Waals surface area contributed by atoms with Crippen molar-refractivity contribution in [2.45, 2.75) is 0 Å². The number of hydrogen-bond donors (Lipinski definition) is 1. The van der Waals surface area contributed by atoms with E-state index in [0.29, 0.717) is 15.7 Å². The molecule has 6 heteroatoms. The van der Waals surface area contributed by atoms with E-state index >= 15 is 0 Å². The van der Waals surface area contributed by atoms with Gasteiger partial charge in [-0.25, -0.2) is 4.39 Å². The van der Waals surface area contributed by atoms with Crippen LogP contribution in [0.5, 0.6) is 0 Å². The van der Waals surface area contributed by atoms with E-state index in [1.54, 1.807) is 6.07 Å². The summed E-state index contributed by atoms with van der Waals surface area (Å²) in [5.41, 5.74) is 0.596. The summed E-state index contributed by atoms with van der Waals surface area (Å²) in [6.45, 7) is 0. The fourth-order valence-corrected chi connectivity index (χ4v) is 2.34. The molecule has 2 aromatic rings. The summed E-state index contributed by atoms with van der Waals surface area (Å²) < 4.78 is 14.0. The van der Waals surface area contributed by atoms with Gasteiger partial charge in [0.15, 0.2) is 0 Å². The second kappa shape index (κ2) is 6.04. The number of amides is 1. The maximum atomic E-state index is 13.6. The second-order valence-electron chi connectivity index (χ2n) is 3.86. The van der Waals surface area contributed by atoms with Crippen LogP contribution in [0, 0.1) is 17.1 Å². The Balaban J connectivity index is 2.29. The second-order valence-corrected chi connectivity index (χ2v) is 5.12. The molecule has 2 rings (SSSR count). The SMILES string of the molecule is N#Cc1ccc(NC(=O)c2c(F)cccc2Br)cc1Cl. The lowest BCUT2D eigenvalue weighted by atomic mass is 10.2. The summed E-state index contributed by atoms with van der Waals surface area (Å²) >= 11 is 8.99. The van der Waals surface area contributed by atoms with Crippen molar-refractivity contribution in [3.05, 3.63) is 62.8 Å². The Bertz CT molecular complexity index is 707. The fourth-order valence-electron chi connectivity index (χ4n) is 1.59. The van der Waals surface area contributed by atoms with Gasteiger partial charge < -0.3 is 5.32 Å². The average molecular weight is 354 g/mol. The van der Waals surface area contributed by atoms with Crippen LogP contribution in [-0.2, 0) is 0 Å². The fraction of sp³-hybridized carbons (Fsp3) is 0. The first kappa shape index (κ1) is 14.5.